The lowest BCUT2D eigenvalue weighted by Gasteiger charge is -2.38. The molecule has 1 fully saturated rings. The highest BCUT2D eigenvalue weighted by Gasteiger charge is 2.33. The summed E-state index contributed by atoms with van der Waals surface area (Å²) in [5.74, 6) is -0.0322. The van der Waals surface area contributed by atoms with Crippen molar-refractivity contribution >= 4 is 17.7 Å². The van der Waals surface area contributed by atoms with E-state index < -0.39 is 0 Å². The van der Waals surface area contributed by atoms with E-state index in [0.717, 1.165) is 13.1 Å². The predicted molar refractivity (Wildman–Crippen MR) is 67.8 cm³/mol. The second-order valence-corrected chi connectivity index (χ2v) is 6.60. The van der Waals surface area contributed by atoms with Crippen molar-refractivity contribution in [3.63, 3.8) is 0 Å². The number of carbonyl (C=O) groups is 1. The van der Waals surface area contributed by atoms with Crippen LogP contribution in [0.15, 0.2) is 0 Å². The maximum Gasteiger partial charge on any atom is 0.246 e. The first-order chi connectivity index (χ1) is 7.37. The summed E-state index contributed by atoms with van der Waals surface area (Å²) >= 11 is 1.74. The van der Waals surface area contributed by atoms with Crippen LogP contribution >= 0.6 is 11.8 Å². The second-order valence-electron chi connectivity index (χ2n) is 5.08. The van der Waals surface area contributed by atoms with Crippen molar-refractivity contribution < 1.29 is 9.53 Å². The van der Waals surface area contributed by atoms with Gasteiger partial charge in [-0.3, -0.25) is 4.79 Å². The van der Waals surface area contributed by atoms with Crippen molar-refractivity contribution in [1.82, 2.24) is 10.6 Å². The van der Waals surface area contributed by atoms with Crippen LogP contribution in [0.4, 0.5) is 0 Å². The molecule has 0 aromatic heterocycles. The fraction of sp³-hybridized carbons (Fsp3) is 0.909. The molecule has 0 spiro atoms. The zero-order valence-electron chi connectivity index (χ0n) is 10.6. The molecule has 0 aliphatic carbocycles. The number of ether oxygens (including phenoxy) is 1. The van der Waals surface area contributed by atoms with Crippen molar-refractivity contribution in [2.45, 2.75) is 31.1 Å². The van der Waals surface area contributed by atoms with Gasteiger partial charge >= 0.3 is 0 Å². The van der Waals surface area contributed by atoms with Crippen LogP contribution in [-0.2, 0) is 9.53 Å². The molecule has 1 aliphatic heterocycles. The van der Waals surface area contributed by atoms with Gasteiger partial charge in [0.2, 0.25) is 5.91 Å². The van der Waals surface area contributed by atoms with Gasteiger partial charge in [-0.25, -0.2) is 0 Å². The Morgan fingerprint density at radius 2 is 2.19 bits per heavy atom. The molecule has 1 saturated heterocycles. The van der Waals surface area contributed by atoms with Crippen LogP contribution in [0.2, 0.25) is 0 Å². The summed E-state index contributed by atoms with van der Waals surface area (Å²) in [6.45, 7) is 8.72. The Balaban J connectivity index is 2.16. The minimum Gasteiger partial charge on any atom is -0.363 e. The number of hydrogen-bond donors (Lipinski definition) is 2. The molecule has 1 amide bonds. The molecule has 16 heavy (non-hydrogen) atoms. The molecular formula is C11H22N2O2S. The Hall–Kier alpha value is -0.260. The fourth-order valence-corrected chi connectivity index (χ4v) is 1.47. The molecule has 0 unspecified atom stereocenters. The molecule has 2 N–H and O–H groups in total. The molecule has 94 valence electrons. The highest BCUT2D eigenvalue weighted by atomic mass is 32.2. The lowest BCUT2D eigenvalue weighted by molar-refractivity contribution is -0.135. The molecule has 1 aliphatic rings. The third-order valence-corrected chi connectivity index (χ3v) is 4.06. The normalized spacial score (nSPS) is 19.0. The number of hydrogen-bond acceptors (Lipinski definition) is 4. The van der Waals surface area contributed by atoms with Crippen LogP contribution in [-0.4, -0.2) is 48.8 Å². The topological polar surface area (TPSA) is 50.4 Å². The summed E-state index contributed by atoms with van der Waals surface area (Å²) in [6.07, 6.45) is 2.05. The average Bonchev–Trinajstić information content (AvgIpc) is 2.21. The van der Waals surface area contributed by atoms with Crippen LogP contribution in [0.5, 0.6) is 0 Å². The Morgan fingerprint density at radius 3 is 2.62 bits per heavy atom. The zero-order valence-corrected chi connectivity index (χ0v) is 11.4. The second kappa shape index (κ2) is 5.38. The standard InChI is InChI=1S/C11H22N2O2S/c1-10(2,16-4)6-13-9(14)5-15-11(3)7-12-8-11/h12H,5-8H2,1-4H3,(H,13,14). The van der Waals surface area contributed by atoms with Crippen LogP contribution < -0.4 is 10.6 Å². The molecular weight excluding hydrogens is 224 g/mol. The van der Waals surface area contributed by atoms with Gasteiger partial charge in [-0.2, -0.15) is 11.8 Å². The van der Waals surface area contributed by atoms with Gasteiger partial charge in [0, 0.05) is 24.4 Å². The molecule has 1 rings (SSSR count). The van der Waals surface area contributed by atoms with Crippen LogP contribution in [0.3, 0.4) is 0 Å². The van der Waals surface area contributed by atoms with Gasteiger partial charge in [0.1, 0.15) is 6.61 Å². The van der Waals surface area contributed by atoms with E-state index in [-0.39, 0.29) is 22.9 Å². The number of amides is 1. The molecule has 0 atom stereocenters. The summed E-state index contributed by atoms with van der Waals surface area (Å²) in [5.41, 5.74) is -0.146. The van der Waals surface area contributed by atoms with Gasteiger partial charge in [-0.15, -0.1) is 0 Å². The number of rotatable bonds is 6. The van der Waals surface area contributed by atoms with E-state index in [1.165, 1.54) is 0 Å². The Labute approximate surface area is 102 Å². The molecule has 1 heterocycles. The highest BCUT2D eigenvalue weighted by Crippen LogP contribution is 2.19. The summed E-state index contributed by atoms with van der Waals surface area (Å²) < 4.78 is 5.63. The molecule has 0 aromatic carbocycles. The van der Waals surface area contributed by atoms with Crippen LogP contribution in [0.1, 0.15) is 20.8 Å². The van der Waals surface area contributed by atoms with Crippen molar-refractivity contribution in [2.75, 3.05) is 32.5 Å². The number of nitrogens with one attached hydrogen (secondary N) is 2. The van der Waals surface area contributed by atoms with Gasteiger partial charge in [-0.1, -0.05) is 0 Å². The summed E-state index contributed by atoms with van der Waals surface area (Å²) in [4.78, 5) is 11.5. The minimum atomic E-state index is -0.146. The summed E-state index contributed by atoms with van der Waals surface area (Å²) in [6, 6.07) is 0. The number of carbonyl (C=O) groups excluding carboxylic acids is 1. The van der Waals surface area contributed by atoms with Crippen molar-refractivity contribution in [1.29, 1.82) is 0 Å². The van der Waals surface area contributed by atoms with E-state index in [4.69, 9.17) is 4.74 Å². The molecule has 0 bridgehead atoms. The van der Waals surface area contributed by atoms with E-state index >= 15 is 0 Å². The van der Waals surface area contributed by atoms with E-state index in [1.807, 2.05) is 13.2 Å². The average molecular weight is 246 g/mol. The molecule has 5 heteroatoms. The lowest BCUT2D eigenvalue weighted by Crippen LogP contribution is -2.59. The van der Waals surface area contributed by atoms with E-state index in [1.54, 1.807) is 11.8 Å². The Bertz CT molecular complexity index is 235. The van der Waals surface area contributed by atoms with E-state index in [9.17, 15) is 4.79 Å². The summed E-state index contributed by atoms with van der Waals surface area (Å²) in [7, 11) is 0. The van der Waals surface area contributed by atoms with Crippen molar-refractivity contribution in [3.8, 4) is 0 Å². The number of thioether (sulfide) groups is 1. The Morgan fingerprint density at radius 1 is 1.56 bits per heavy atom. The Kier molecular flexibility index (Phi) is 4.64. The lowest BCUT2D eigenvalue weighted by atomic mass is 10.0. The van der Waals surface area contributed by atoms with Gasteiger partial charge in [0.25, 0.3) is 0 Å². The van der Waals surface area contributed by atoms with Gasteiger partial charge in [0.15, 0.2) is 0 Å². The molecule has 0 radical (unpaired) electrons. The molecule has 4 nitrogen and oxygen atoms in total. The predicted octanol–water partition coefficient (Wildman–Crippen LogP) is 0.623. The first-order valence-corrected chi connectivity index (χ1v) is 6.76. The SMILES string of the molecule is CSC(C)(C)CNC(=O)COC1(C)CNC1. The first-order valence-electron chi connectivity index (χ1n) is 5.53. The van der Waals surface area contributed by atoms with Crippen LogP contribution in [0, 0.1) is 0 Å². The van der Waals surface area contributed by atoms with Crippen molar-refractivity contribution in [2.24, 2.45) is 0 Å². The maximum absolute atomic E-state index is 11.5. The van der Waals surface area contributed by atoms with E-state index in [2.05, 4.69) is 24.5 Å². The van der Waals surface area contributed by atoms with Crippen LogP contribution in [0.25, 0.3) is 0 Å². The smallest absolute Gasteiger partial charge is 0.246 e. The van der Waals surface area contributed by atoms with E-state index in [0.29, 0.717) is 6.54 Å². The molecule has 0 aromatic rings. The third kappa shape index (κ3) is 4.31. The quantitative estimate of drug-likeness (QED) is 0.721. The minimum absolute atomic E-state index is 0.0322. The fourth-order valence-electron chi connectivity index (χ4n) is 1.25. The first kappa shape index (κ1) is 13.8. The summed E-state index contributed by atoms with van der Waals surface area (Å²) in [5, 5.41) is 6.02. The van der Waals surface area contributed by atoms with Gasteiger partial charge in [-0.05, 0) is 27.0 Å². The zero-order chi connectivity index (χ0) is 12.2. The third-order valence-electron chi connectivity index (χ3n) is 2.81. The highest BCUT2D eigenvalue weighted by molar-refractivity contribution is 7.99. The van der Waals surface area contributed by atoms with Gasteiger partial charge in [0.05, 0.1) is 5.60 Å². The maximum atomic E-state index is 11.5. The van der Waals surface area contributed by atoms with Crippen molar-refractivity contribution in [3.05, 3.63) is 0 Å². The van der Waals surface area contributed by atoms with Gasteiger partial charge < -0.3 is 15.4 Å². The molecule has 0 saturated carbocycles. The monoisotopic (exact) mass is 246 g/mol. The largest absolute Gasteiger partial charge is 0.363 e.